The van der Waals surface area contributed by atoms with Crippen LogP contribution in [0.5, 0.6) is 0 Å². The highest BCUT2D eigenvalue weighted by atomic mass is 16.1. The van der Waals surface area contributed by atoms with Gasteiger partial charge in [0.1, 0.15) is 5.78 Å². The Labute approximate surface area is 108 Å². The molecule has 0 rings (SSSR count). The Kier molecular flexibility index (Phi) is 10.6. The van der Waals surface area contributed by atoms with Crippen LogP contribution in [0.3, 0.4) is 0 Å². The molecule has 1 nitrogen and oxygen atoms in total. The van der Waals surface area contributed by atoms with Crippen molar-refractivity contribution in [3.05, 3.63) is 0 Å². The molecule has 0 aromatic heterocycles. The molecule has 102 valence electrons. The van der Waals surface area contributed by atoms with Gasteiger partial charge in [-0.3, -0.25) is 4.79 Å². The number of rotatable bonds is 11. The van der Waals surface area contributed by atoms with Gasteiger partial charge in [-0.05, 0) is 12.3 Å². The fraction of sp³-hybridized carbons (Fsp3) is 0.938. The second-order valence-electron chi connectivity index (χ2n) is 5.82. The van der Waals surface area contributed by atoms with Gasteiger partial charge in [-0.15, -0.1) is 0 Å². The molecule has 0 aliphatic rings. The molecule has 0 aromatic rings. The minimum atomic E-state index is 0.219. The molecule has 0 saturated heterocycles. The van der Waals surface area contributed by atoms with E-state index in [2.05, 4.69) is 13.8 Å². The maximum Gasteiger partial charge on any atom is 0.135 e. The number of carbonyl (C=O) groups is 1. The standard InChI is InChI=1S/C16H32O/c1-5-6-7-8-9-10-11-15(4)12-13-16(17)14(2)3/h14-15H,5-13H2,1-4H3/t15-/m0/s1. The lowest BCUT2D eigenvalue weighted by atomic mass is 9.94. The molecule has 0 aliphatic carbocycles. The average molecular weight is 240 g/mol. The number of hydrogen-bond donors (Lipinski definition) is 0. The van der Waals surface area contributed by atoms with Gasteiger partial charge in [0, 0.05) is 12.3 Å². The molecule has 17 heavy (non-hydrogen) atoms. The summed E-state index contributed by atoms with van der Waals surface area (Å²) in [7, 11) is 0. The van der Waals surface area contributed by atoms with Crippen LogP contribution in [0.2, 0.25) is 0 Å². The number of ketones is 1. The van der Waals surface area contributed by atoms with E-state index >= 15 is 0 Å². The summed E-state index contributed by atoms with van der Waals surface area (Å²) in [5, 5.41) is 0. The Bertz CT molecular complexity index is 184. The van der Waals surface area contributed by atoms with E-state index in [0.29, 0.717) is 5.78 Å². The molecule has 0 saturated carbocycles. The predicted molar refractivity (Wildman–Crippen MR) is 76.2 cm³/mol. The largest absolute Gasteiger partial charge is 0.299 e. The number of hydrogen-bond acceptors (Lipinski definition) is 1. The predicted octanol–water partition coefficient (Wildman–Crippen LogP) is 5.38. The Morgan fingerprint density at radius 2 is 1.47 bits per heavy atom. The smallest absolute Gasteiger partial charge is 0.135 e. The molecule has 1 heteroatoms. The summed E-state index contributed by atoms with van der Waals surface area (Å²) in [5.41, 5.74) is 0. The van der Waals surface area contributed by atoms with E-state index in [1.54, 1.807) is 0 Å². The zero-order chi connectivity index (χ0) is 13.1. The Morgan fingerprint density at radius 3 is 2.06 bits per heavy atom. The molecule has 0 aromatic carbocycles. The van der Waals surface area contributed by atoms with E-state index in [0.717, 1.165) is 18.8 Å². The number of carbonyl (C=O) groups excluding carboxylic acids is 1. The number of Topliss-reactive ketones (excluding diaryl/α,β-unsaturated/α-hetero) is 1. The van der Waals surface area contributed by atoms with Gasteiger partial charge < -0.3 is 0 Å². The molecule has 0 fully saturated rings. The van der Waals surface area contributed by atoms with E-state index in [9.17, 15) is 4.79 Å². The van der Waals surface area contributed by atoms with Gasteiger partial charge in [0.25, 0.3) is 0 Å². The van der Waals surface area contributed by atoms with Crippen LogP contribution < -0.4 is 0 Å². The molecule has 0 N–H and O–H groups in total. The number of unbranched alkanes of at least 4 members (excludes halogenated alkanes) is 5. The monoisotopic (exact) mass is 240 g/mol. The second kappa shape index (κ2) is 10.8. The fourth-order valence-electron chi connectivity index (χ4n) is 2.09. The van der Waals surface area contributed by atoms with Crippen molar-refractivity contribution in [2.24, 2.45) is 11.8 Å². The topological polar surface area (TPSA) is 17.1 Å². The van der Waals surface area contributed by atoms with E-state index in [1.807, 2.05) is 13.8 Å². The van der Waals surface area contributed by atoms with Gasteiger partial charge in [0.05, 0.1) is 0 Å². The highest BCUT2D eigenvalue weighted by molar-refractivity contribution is 5.80. The maximum absolute atomic E-state index is 11.5. The minimum Gasteiger partial charge on any atom is -0.299 e. The molecule has 0 heterocycles. The third-order valence-corrected chi connectivity index (χ3v) is 3.58. The molecule has 0 radical (unpaired) electrons. The van der Waals surface area contributed by atoms with Crippen LogP contribution in [-0.2, 0) is 4.79 Å². The zero-order valence-electron chi connectivity index (χ0n) is 12.4. The van der Waals surface area contributed by atoms with E-state index in [-0.39, 0.29) is 5.92 Å². The van der Waals surface area contributed by atoms with Crippen LogP contribution in [0.1, 0.15) is 85.5 Å². The van der Waals surface area contributed by atoms with Crippen LogP contribution in [-0.4, -0.2) is 5.78 Å². The van der Waals surface area contributed by atoms with Crippen molar-refractivity contribution in [1.29, 1.82) is 0 Å². The zero-order valence-corrected chi connectivity index (χ0v) is 12.4. The summed E-state index contributed by atoms with van der Waals surface area (Å²) < 4.78 is 0. The lowest BCUT2D eigenvalue weighted by Gasteiger charge is -2.11. The van der Waals surface area contributed by atoms with Gasteiger partial charge in [-0.2, -0.15) is 0 Å². The fourth-order valence-corrected chi connectivity index (χ4v) is 2.09. The highest BCUT2D eigenvalue weighted by Crippen LogP contribution is 2.17. The maximum atomic E-state index is 11.5. The summed E-state index contributed by atoms with van der Waals surface area (Å²) in [5.74, 6) is 1.37. The van der Waals surface area contributed by atoms with Crippen molar-refractivity contribution in [3.8, 4) is 0 Å². The van der Waals surface area contributed by atoms with E-state index in [4.69, 9.17) is 0 Å². The van der Waals surface area contributed by atoms with Crippen molar-refractivity contribution in [2.45, 2.75) is 85.5 Å². The summed E-state index contributed by atoms with van der Waals surface area (Å²) in [6.07, 6.45) is 11.4. The Balaban J connectivity index is 3.34. The molecule has 0 spiro atoms. The second-order valence-corrected chi connectivity index (χ2v) is 5.82. The molecule has 1 atom stereocenters. The first-order valence-electron chi connectivity index (χ1n) is 7.60. The lowest BCUT2D eigenvalue weighted by Crippen LogP contribution is -2.08. The van der Waals surface area contributed by atoms with Gasteiger partial charge in [0.2, 0.25) is 0 Å². The third kappa shape index (κ3) is 10.5. The summed E-state index contributed by atoms with van der Waals surface area (Å²) in [6.45, 7) is 8.55. The van der Waals surface area contributed by atoms with Crippen LogP contribution >= 0.6 is 0 Å². The molecular formula is C16H32O. The summed E-state index contributed by atoms with van der Waals surface area (Å²) >= 11 is 0. The molecule has 0 bridgehead atoms. The summed E-state index contributed by atoms with van der Waals surface area (Å²) in [6, 6.07) is 0. The highest BCUT2D eigenvalue weighted by Gasteiger charge is 2.09. The normalized spacial score (nSPS) is 13.0. The van der Waals surface area contributed by atoms with Gasteiger partial charge >= 0.3 is 0 Å². The van der Waals surface area contributed by atoms with Gasteiger partial charge in [-0.25, -0.2) is 0 Å². The van der Waals surface area contributed by atoms with Crippen molar-refractivity contribution < 1.29 is 4.79 Å². The van der Waals surface area contributed by atoms with Crippen molar-refractivity contribution in [2.75, 3.05) is 0 Å². The Hall–Kier alpha value is -0.330. The van der Waals surface area contributed by atoms with Crippen molar-refractivity contribution in [3.63, 3.8) is 0 Å². The minimum absolute atomic E-state index is 0.219. The molecular weight excluding hydrogens is 208 g/mol. The first-order chi connectivity index (χ1) is 8.07. The Morgan fingerprint density at radius 1 is 0.882 bits per heavy atom. The van der Waals surface area contributed by atoms with Crippen molar-refractivity contribution >= 4 is 5.78 Å². The lowest BCUT2D eigenvalue weighted by molar-refractivity contribution is -0.122. The van der Waals surface area contributed by atoms with Crippen molar-refractivity contribution in [1.82, 2.24) is 0 Å². The van der Waals surface area contributed by atoms with Crippen LogP contribution in [0, 0.1) is 11.8 Å². The van der Waals surface area contributed by atoms with Crippen LogP contribution in [0.25, 0.3) is 0 Å². The van der Waals surface area contributed by atoms with Gasteiger partial charge in [-0.1, -0.05) is 72.6 Å². The van der Waals surface area contributed by atoms with Crippen LogP contribution in [0.4, 0.5) is 0 Å². The third-order valence-electron chi connectivity index (χ3n) is 3.58. The molecule has 0 amide bonds. The first kappa shape index (κ1) is 16.7. The van der Waals surface area contributed by atoms with E-state index in [1.165, 1.54) is 44.9 Å². The van der Waals surface area contributed by atoms with Gasteiger partial charge in [0.15, 0.2) is 0 Å². The quantitative estimate of drug-likeness (QED) is 0.443. The van der Waals surface area contributed by atoms with E-state index < -0.39 is 0 Å². The summed E-state index contributed by atoms with van der Waals surface area (Å²) in [4.78, 5) is 11.5. The molecule has 0 unspecified atom stereocenters. The molecule has 0 aliphatic heterocycles. The first-order valence-corrected chi connectivity index (χ1v) is 7.60. The SMILES string of the molecule is CCCCCCCC[C@H](C)CCC(=O)C(C)C. The van der Waals surface area contributed by atoms with Crippen LogP contribution in [0.15, 0.2) is 0 Å². The average Bonchev–Trinajstić information content (AvgIpc) is 2.30.